The number of amides is 1. The maximum Gasteiger partial charge on any atom is 0.234 e. The average Bonchev–Trinajstić information content (AvgIpc) is 2.73. The molecule has 5 nitrogen and oxygen atoms in total. The highest BCUT2D eigenvalue weighted by Crippen LogP contribution is 2.17. The summed E-state index contributed by atoms with van der Waals surface area (Å²) in [4.78, 5) is 12.1. The highest BCUT2D eigenvalue weighted by Gasteiger charge is 2.06. The van der Waals surface area contributed by atoms with Crippen LogP contribution < -0.4 is 10.6 Å². The van der Waals surface area contributed by atoms with E-state index in [1.807, 2.05) is 54.6 Å². The SMILES string of the molecule is CCc1ccc(NC(=O)CSc2ccc(NCc3ccccc3)nn2)cc1. The van der Waals surface area contributed by atoms with Crippen molar-refractivity contribution in [1.82, 2.24) is 10.2 Å². The number of thioether (sulfide) groups is 1. The Morgan fingerprint density at radius 3 is 2.37 bits per heavy atom. The fourth-order valence-corrected chi connectivity index (χ4v) is 3.05. The lowest BCUT2D eigenvalue weighted by molar-refractivity contribution is -0.113. The Bertz CT molecular complexity index is 852. The van der Waals surface area contributed by atoms with Gasteiger partial charge in [-0.25, -0.2) is 0 Å². The van der Waals surface area contributed by atoms with Crippen molar-refractivity contribution in [3.63, 3.8) is 0 Å². The van der Waals surface area contributed by atoms with Crippen LogP contribution >= 0.6 is 11.8 Å². The van der Waals surface area contributed by atoms with Crippen LogP contribution in [0.15, 0.2) is 71.8 Å². The quantitative estimate of drug-likeness (QED) is 0.569. The van der Waals surface area contributed by atoms with Gasteiger partial charge >= 0.3 is 0 Å². The number of rotatable bonds is 8. The van der Waals surface area contributed by atoms with Crippen molar-refractivity contribution in [3.8, 4) is 0 Å². The van der Waals surface area contributed by atoms with E-state index in [0.717, 1.165) is 17.1 Å². The van der Waals surface area contributed by atoms with E-state index in [4.69, 9.17) is 0 Å². The highest BCUT2D eigenvalue weighted by molar-refractivity contribution is 7.99. The maximum atomic E-state index is 12.1. The molecule has 0 radical (unpaired) electrons. The Labute approximate surface area is 163 Å². The van der Waals surface area contributed by atoms with Crippen LogP contribution in [0, 0.1) is 0 Å². The summed E-state index contributed by atoms with van der Waals surface area (Å²) >= 11 is 1.37. The van der Waals surface area contributed by atoms with E-state index in [0.29, 0.717) is 18.1 Å². The zero-order valence-electron chi connectivity index (χ0n) is 15.2. The summed E-state index contributed by atoms with van der Waals surface area (Å²) in [7, 11) is 0. The number of nitrogens with zero attached hydrogens (tertiary/aromatic N) is 2. The molecule has 0 fully saturated rings. The first-order chi connectivity index (χ1) is 13.2. The molecule has 0 unspecified atom stereocenters. The third-order valence-corrected chi connectivity index (χ3v) is 4.87. The van der Waals surface area contributed by atoms with Crippen LogP contribution in [0.4, 0.5) is 11.5 Å². The lowest BCUT2D eigenvalue weighted by atomic mass is 10.1. The molecular weight excluding hydrogens is 356 g/mol. The average molecular weight is 379 g/mol. The minimum atomic E-state index is -0.0580. The topological polar surface area (TPSA) is 66.9 Å². The van der Waals surface area contributed by atoms with Crippen LogP contribution in [0.3, 0.4) is 0 Å². The number of aryl methyl sites for hydroxylation is 1. The molecule has 1 heterocycles. The molecule has 0 aliphatic rings. The zero-order chi connectivity index (χ0) is 18.9. The van der Waals surface area contributed by atoms with E-state index in [2.05, 4.69) is 39.9 Å². The van der Waals surface area contributed by atoms with Crippen LogP contribution in [-0.4, -0.2) is 21.9 Å². The lowest BCUT2D eigenvalue weighted by Gasteiger charge is -2.07. The molecule has 3 aromatic rings. The first kappa shape index (κ1) is 18.9. The summed E-state index contributed by atoms with van der Waals surface area (Å²) in [6.07, 6.45) is 0.985. The second kappa shape index (κ2) is 9.73. The minimum Gasteiger partial charge on any atom is -0.365 e. The van der Waals surface area contributed by atoms with Gasteiger partial charge < -0.3 is 10.6 Å². The molecular formula is C21H22N4OS. The van der Waals surface area contributed by atoms with Gasteiger partial charge in [-0.1, -0.05) is 61.2 Å². The molecule has 3 rings (SSSR count). The number of aromatic nitrogens is 2. The molecule has 1 aromatic heterocycles. The second-order valence-electron chi connectivity index (χ2n) is 5.98. The van der Waals surface area contributed by atoms with Crippen LogP contribution in [0.1, 0.15) is 18.1 Å². The van der Waals surface area contributed by atoms with Gasteiger partial charge in [0.25, 0.3) is 0 Å². The number of hydrogen-bond acceptors (Lipinski definition) is 5. The monoisotopic (exact) mass is 378 g/mol. The molecule has 0 aliphatic heterocycles. The summed E-state index contributed by atoms with van der Waals surface area (Å²) in [5.41, 5.74) is 3.24. The third kappa shape index (κ3) is 6.11. The molecule has 6 heteroatoms. The Morgan fingerprint density at radius 1 is 0.926 bits per heavy atom. The molecule has 2 N–H and O–H groups in total. The molecule has 138 valence electrons. The van der Waals surface area contributed by atoms with Crippen molar-refractivity contribution < 1.29 is 4.79 Å². The van der Waals surface area contributed by atoms with Crippen LogP contribution in [0.5, 0.6) is 0 Å². The predicted molar refractivity (Wildman–Crippen MR) is 111 cm³/mol. The van der Waals surface area contributed by atoms with Gasteiger partial charge in [0.15, 0.2) is 0 Å². The Balaban J connectivity index is 1.44. The van der Waals surface area contributed by atoms with Gasteiger partial charge in [-0.05, 0) is 41.8 Å². The van der Waals surface area contributed by atoms with Crippen molar-refractivity contribution in [2.75, 3.05) is 16.4 Å². The van der Waals surface area contributed by atoms with Crippen LogP contribution in [0.25, 0.3) is 0 Å². The molecule has 0 bridgehead atoms. The van der Waals surface area contributed by atoms with E-state index < -0.39 is 0 Å². The van der Waals surface area contributed by atoms with Gasteiger partial charge in [0.1, 0.15) is 10.8 Å². The fraction of sp³-hybridized carbons (Fsp3) is 0.190. The number of benzene rings is 2. The largest absolute Gasteiger partial charge is 0.365 e. The van der Waals surface area contributed by atoms with E-state index in [1.165, 1.54) is 22.9 Å². The summed E-state index contributed by atoms with van der Waals surface area (Å²) in [6.45, 7) is 2.80. The fourth-order valence-electron chi connectivity index (χ4n) is 2.44. The normalized spacial score (nSPS) is 10.4. The molecule has 27 heavy (non-hydrogen) atoms. The van der Waals surface area contributed by atoms with E-state index in [-0.39, 0.29) is 5.91 Å². The van der Waals surface area contributed by atoms with Crippen molar-refractivity contribution in [2.24, 2.45) is 0 Å². The minimum absolute atomic E-state index is 0.0580. The first-order valence-corrected chi connectivity index (χ1v) is 9.84. The molecule has 0 saturated carbocycles. The lowest BCUT2D eigenvalue weighted by Crippen LogP contribution is -2.14. The molecule has 0 atom stereocenters. The highest BCUT2D eigenvalue weighted by atomic mass is 32.2. The van der Waals surface area contributed by atoms with E-state index in [9.17, 15) is 4.79 Å². The summed E-state index contributed by atoms with van der Waals surface area (Å²) in [5.74, 6) is 0.946. The number of carbonyl (C=O) groups excluding carboxylic acids is 1. The smallest absolute Gasteiger partial charge is 0.234 e. The summed E-state index contributed by atoms with van der Waals surface area (Å²) < 4.78 is 0. The summed E-state index contributed by atoms with van der Waals surface area (Å²) in [5, 5.41) is 15.2. The molecule has 1 amide bonds. The van der Waals surface area contributed by atoms with Gasteiger partial charge in [0, 0.05) is 12.2 Å². The van der Waals surface area contributed by atoms with E-state index >= 15 is 0 Å². The Kier molecular flexibility index (Phi) is 6.82. The number of hydrogen-bond donors (Lipinski definition) is 2. The van der Waals surface area contributed by atoms with Crippen molar-refractivity contribution in [2.45, 2.75) is 24.9 Å². The second-order valence-corrected chi connectivity index (χ2v) is 6.98. The Morgan fingerprint density at radius 2 is 1.70 bits per heavy atom. The van der Waals surface area contributed by atoms with Gasteiger partial charge in [-0.2, -0.15) is 0 Å². The van der Waals surface area contributed by atoms with Crippen molar-refractivity contribution in [3.05, 3.63) is 77.9 Å². The van der Waals surface area contributed by atoms with Gasteiger partial charge in [0.05, 0.1) is 5.75 Å². The standard InChI is InChI=1S/C21H22N4OS/c1-2-16-8-10-18(11-9-16)23-20(26)15-27-21-13-12-19(24-25-21)22-14-17-6-4-3-5-7-17/h3-13H,2,14-15H2,1H3,(H,22,24)(H,23,26). The Hall–Kier alpha value is -2.86. The maximum absolute atomic E-state index is 12.1. The van der Waals surface area contributed by atoms with Gasteiger partial charge in [0.2, 0.25) is 5.91 Å². The van der Waals surface area contributed by atoms with Gasteiger partial charge in [-0.15, -0.1) is 10.2 Å². The molecule has 2 aromatic carbocycles. The van der Waals surface area contributed by atoms with Crippen LogP contribution in [0.2, 0.25) is 0 Å². The van der Waals surface area contributed by atoms with Gasteiger partial charge in [-0.3, -0.25) is 4.79 Å². The van der Waals surface area contributed by atoms with Crippen LogP contribution in [-0.2, 0) is 17.8 Å². The molecule has 0 saturated heterocycles. The zero-order valence-corrected chi connectivity index (χ0v) is 16.0. The number of nitrogens with one attached hydrogen (secondary N) is 2. The van der Waals surface area contributed by atoms with Crippen molar-refractivity contribution in [1.29, 1.82) is 0 Å². The van der Waals surface area contributed by atoms with Crippen molar-refractivity contribution >= 4 is 29.2 Å². The van der Waals surface area contributed by atoms with E-state index in [1.54, 1.807) is 0 Å². The number of carbonyl (C=O) groups is 1. The number of anilines is 2. The predicted octanol–water partition coefficient (Wildman–Crippen LogP) is 4.38. The summed E-state index contributed by atoms with van der Waals surface area (Å²) in [6, 6.07) is 21.8. The third-order valence-electron chi connectivity index (χ3n) is 3.95. The molecule has 0 spiro atoms. The molecule has 0 aliphatic carbocycles. The first-order valence-electron chi connectivity index (χ1n) is 8.86.